The van der Waals surface area contributed by atoms with E-state index < -0.39 is 0 Å². The highest BCUT2D eigenvalue weighted by atomic mass is 16.6. The van der Waals surface area contributed by atoms with Gasteiger partial charge in [-0.25, -0.2) is 0 Å². The third kappa shape index (κ3) is 19.3. The average Bonchev–Trinajstić information content (AvgIpc) is 2.49. The van der Waals surface area contributed by atoms with Gasteiger partial charge in [0.2, 0.25) is 0 Å². The van der Waals surface area contributed by atoms with Crippen molar-refractivity contribution in [2.24, 2.45) is 0 Å². The number of carbonyl (C=O) groups is 1. The van der Waals surface area contributed by atoms with Crippen LogP contribution in [0.2, 0.25) is 0 Å². The van der Waals surface area contributed by atoms with Crippen LogP contribution in [0.4, 0.5) is 0 Å². The van der Waals surface area contributed by atoms with Crippen molar-refractivity contribution in [1.82, 2.24) is 0 Å². The minimum absolute atomic E-state index is 0.0554. The van der Waals surface area contributed by atoms with Crippen LogP contribution in [-0.4, -0.2) is 11.6 Å². The fraction of sp³-hybridized carbons (Fsp3) is 0.864. The van der Waals surface area contributed by atoms with Crippen LogP contribution in [0, 0.1) is 0 Å². The van der Waals surface area contributed by atoms with Gasteiger partial charge in [0, 0.05) is 6.42 Å². The number of hydrogen-bond acceptors (Lipinski definition) is 2. The van der Waals surface area contributed by atoms with Crippen molar-refractivity contribution >= 4 is 5.97 Å². The molecule has 0 rings (SSSR count). The number of allylic oxidation sites excluding steroid dienone is 2. The van der Waals surface area contributed by atoms with E-state index in [1.54, 1.807) is 0 Å². The van der Waals surface area contributed by atoms with Crippen LogP contribution in [-0.2, 0) is 9.53 Å². The van der Waals surface area contributed by atoms with Crippen molar-refractivity contribution in [3.63, 3.8) is 0 Å². The molecule has 142 valence electrons. The number of ether oxygens (including phenoxy) is 1. The molecule has 0 aromatic heterocycles. The topological polar surface area (TPSA) is 26.3 Å². The van der Waals surface area contributed by atoms with Crippen molar-refractivity contribution in [3.05, 3.63) is 12.2 Å². The molecule has 0 spiro atoms. The van der Waals surface area contributed by atoms with Gasteiger partial charge in [-0.15, -0.1) is 0 Å². The summed E-state index contributed by atoms with van der Waals surface area (Å²) in [5.74, 6) is -0.0554. The summed E-state index contributed by atoms with van der Waals surface area (Å²) in [5.41, 5.74) is -0.348. The molecule has 0 aliphatic heterocycles. The molecular formula is C22H42O2. The Balaban J connectivity index is 3.25. The summed E-state index contributed by atoms with van der Waals surface area (Å²) in [6, 6.07) is 0. The largest absolute Gasteiger partial charge is 0.460 e. The van der Waals surface area contributed by atoms with Crippen molar-refractivity contribution in [2.75, 3.05) is 0 Å². The van der Waals surface area contributed by atoms with E-state index >= 15 is 0 Å². The van der Waals surface area contributed by atoms with Crippen LogP contribution in [0.25, 0.3) is 0 Å². The van der Waals surface area contributed by atoms with Crippen molar-refractivity contribution in [2.45, 2.75) is 123 Å². The normalized spacial score (nSPS) is 12.0. The summed E-state index contributed by atoms with van der Waals surface area (Å²) in [6.45, 7) is 8.03. The first-order chi connectivity index (χ1) is 11.5. The molecule has 0 aromatic rings. The molecule has 0 N–H and O–H groups in total. The standard InChI is InChI=1S/C22H42O2/c1-5-6-7-8-9-10-11-12-13-14-15-16-17-18-19-20-21(23)24-22(2,3)4/h12-13H,5-11,14-20H2,1-4H3/b13-12+. The zero-order chi connectivity index (χ0) is 18.1. The van der Waals surface area contributed by atoms with Crippen molar-refractivity contribution in [3.8, 4) is 0 Å². The average molecular weight is 339 g/mol. The maximum Gasteiger partial charge on any atom is 0.306 e. The molecule has 2 heteroatoms. The molecule has 0 aliphatic rings. The Bertz CT molecular complexity index is 312. The zero-order valence-corrected chi connectivity index (χ0v) is 16.9. The first kappa shape index (κ1) is 23.2. The van der Waals surface area contributed by atoms with E-state index in [9.17, 15) is 4.79 Å². The summed E-state index contributed by atoms with van der Waals surface area (Å²) >= 11 is 0. The van der Waals surface area contributed by atoms with Gasteiger partial charge in [-0.3, -0.25) is 4.79 Å². The molecule has 0 aliphatic carbocycles. The lowest BCUT2D eigenvalue weighted by Crippen LogP contribution is -2.23. The van der Waals surface area contributed by atoms with E-state index in [-0.39, 0.29) is 11.6 Å². The molecule has 0 saturated carbocycles. The van der Waals surface area contributed by atoms with Gasteiger partial charge in [-0.1, -0.05) is 70.4 Å². The van der Waals surface area contributed by atoms with Crippen LogP contribution < -0.4 is 0 Å². The number of esters is 1. The van der Waals surface area contributed by atoms with Crippen LogP contribution >= 0.6 is 0 Å². The third-order valence-corrected chi connectivity index (χ3v) is 4.06. The molecule has 0 saturated heterocycles. The van der Waals surface area contributed by atoms with Gasteiger partial charge in [-0.05, 0) is 52.9 Å². The molecule has 0 bridgehead atoms. The van der Waals surface area contributed by atoms with Crippen LogP contribution in [0.1, 0.15) is 118 Å². The molecule has 0 fully saturated rings. The second-order valence-electron chi connectivity index (χ2n) is 7.92. The predicted octanol–water partition coefficient (Wildman–Crippen LogP) is 7.37. The second kappa shape index (κ2) is 15.7. The quantitative estimate of drug-likeness (QED) is 0.177. The second-order valence-corrected chi connectivity index (χ2v) is 7.92. The summed E-state index contributed by atoms with van der Waals surface area (Å²) in [6.07, 6.45) is 21.9. The molecule has 0 unspecified atom stereocenters. The molecule has 0 atom stereocenters. The van der Waals surface area contributed by atoms with Crippen LogP contribution in [0.5, 0.6) is 0 Å². The maximum atomic E-state index is 11.6. The maximum absolute atomic E-state index is 11.6. The Hall–Kier alpha value is -0.790. The van der Waals surface area contributed by atoms with Gasteiger partial charge >= 0.3 is 5.97 Å². The van der Waals surface area contributed by atoms with E-state index in [0.29, 0.717) is 6.42 Å². The Morgan fingerprint density at radius 2 is 1.21 bits per heavy atom. The molecule has 24 heavy (non-hydrogen) atoms. The Morgan fingerprint density at radius 3 is 1.71 bits per heavy atom. The number of rotatable bonds is 15. The fourth-order valence-electron chi connectivity index (χ4n) is 2.73. The fourth-order valence-corrected chi connectivity index (χ4v) is 2.73. The van der Waals surface area contributed by atoms with E-state index in [4.69, 9.17) is 4.74 Å². The van der Waals surface area contributed by atoms with Crippen molar-refractivity contribution in [1.29, 1.82) is 0 Å². The highest BCUT2D eigenvalue weighted by molar-refractivity contribution is 5.69. The van der Waals surface area contributed by atoms with Crippen molar-refractivity contribution < 1.29 is 9.53 Å². The monoisotopic (exact) mass is 338 g/mol. The Labute approximate surface area is 151 Å². The summed E-state index contributed by atoms with van der Waals surface area (Å²) in [4.78, 5) is 11.6. The predicted molar refractivity (Wildman–Crippen MR) is 105 cm³/mol. The number of hydrogen-bond donors (Lipinski definition) is 0. The highest BCUT2D eigenvalue weighted by Gasteiger charge is 2.15. The number of carbonyl (C=O) groups excluding carboxylic acids is 1. The number of unbranched alkanes of at least 4 members (excludes halogenated alkanes) is 11. The molecule has 0 amide bonds. The molecular weight excluding hydrogens is 296 g/mol. The van der Waals surface area contributed by atoms with E-state index in [0.717, 1.165) is 12.8 Å². The SMILES string of the molecule is CCCCCCCC/C=C/CCCCCCCC(=O)OC(C)(C)C. The van der Waals surface area contributed by atoms with Gasteiger partial charge in [-0.2, -0.15) is 0 Å². The lowest BCUT2D eigenvalue weighted by molar-refractivity contribution is -0.154. The van der Waals surface area contributed by atoms with Gasteiger partial charge < -0.3 is 4.74 Å². The summed E-state index contributed by atoms with van der Waals surface area (Å²) in [5, 5.41) is 0. The Kier molecular flexibility index (Phi) is 15.2. The molecule has 0 radical (unpaired) electrons. The molecule has 0 heterocycles. The first-order valence-electron chi connectivity index (χ1n) is 10.3. The first-order valence-corrected chi connectivity index (χ1v) is 10.3. The highest BCUT2D eigenvalue weighted by Crippen LogP contribution is 2.12. The zero-order valence-electron chi connectivity index (χ0n) is 16.9. The third-order valence-electron chi connectivity index (χ3n) is 4.06. The molecule has 2 nitrogen and oxygen atoms in total. The lowest BCUT2D eigenvalue weighted by atomic mass is 10.1. The summed E-state index contributed by atoms with van der Waals surface area (Å²) < 4.78 is 5.31. The molecule has 0 aromatic carbocycles. The van der Waals surface area contributed by atoms with Gasteiger partial charge in [0.1, 0.15) is 5.60 Å². The lowest BCUT2D eigenvalue weighted by Gasteiger charge is -2.19. The van der Waals surface area contributed by atoms with E-state index in [2.05, 4.69) is 19.1 Å². The van der Waals surface area contributed by atoms with Gasteiger partial charge in [0.25, 0.3) is 0 Å². The van der Waals surface area contributed by atoms with E-state index in [1.807, 2.05) is 20.8 Å². The van der Waals surface area contributed by atoms with Crippen LogP contribution in [0.15, 0.2) is 12.2 Å². The Morgan fingerprint density at radius 1 is 0.750 bits per heavy atom. The minimum Gasteiger partial charge on any atom is -0.460 e. The van der Waals surface area contributed by atoms with Gasteiger partial charge in [0.15, 0.2) is 0 Å². The summed E-state index contributed by atoms with van der Waals surface area (Å²) in [7, 11) is 0. The van der Waals surface area contributed by atoms with E-state index in [1.165, 1.54) is 70.6 Å². The van der Waals surface area contributed by atoms with Crippen LogP contribution in [0.3, 0.4) is 0 Å². The minimum atomic E-state index is -0.348. The smallest absolute Gasteiger partial charge is 0.306 e. The van der Waals surface area contributed by atoms with Gasteiger partial charge in [0.05, 0.1) is 0 Å².